The fraction of sp³-hybridized carbons (Fsp3) is 0.444. The summed E-state index contributed by atoms with van der Waals surface area (Å²) < 4.78 is 26.5. The molecule has 0 atom stereocenters. The molecule has 0 saturated carbocycles. The number of nitrogens with one attached hydrogen (secondary N) is 2. The van der Waals surface area contributed by atoms with Crippen LogP contribution in [0.25, 0.3) is 0 Å². The summed E-state index contributed by atoms with van der Waals surface area (Å²) in [5.41, 5.74) is 1.25. The highest BCUT2D eigenvalue weighted by molar-refractivity contribution is 7.89. The van der Waals surface area contributed by atoms with E-state index in [-0.39, 0.29) is 6.61 Å². The van der Waals surface area contributed by atoms with Gasteiger partial charge >= 0.3 is 0 Å². The van der Waals surface area contributed by atoms with Crippen molar-refractivity contribution in [3.63, 3.8) is 0 Å². The van der Waals surface area contributed by atoms with E-state index in [0.717, 1.165) is 42.1 Å². The highest BCUT2D eigenvalue weighted by atomic mass is 32.2. The molecule has 37 heavy (non-hydrogen) atoms. The molecule has 3 rings (SSSR count). The molecule has 2 aromatic carbocycles. The minimum atomic E-state index is -3.51. The Hall–Kier alpha value is -3.08. The first-order valence-corrected chi connectivity index (χ1v) is 14.2. The summed E-state index contributed by atoms with van der Waals surface area (Å²) in [6, 6.07) is 13.0. The van der Waals surface area contributed by atoms with Crippen LogP contribution < -0.4 is 21.5 Å². The molecule has 0 aliphatic carbocycles. The molecule has 0 aliphatic rings. The number of sulfonamides is 1. The summed E-state index contributed by atoms with van der Waals surface area (Å²) in [7, 11) is -3.51. The first-order chi connectivity index (χ1) is 17.8. The van der Waals surface area contributed by atoms with Gasteiger partial charge in [-0.05, 0) is 44.4 Å². The minimum absolute atomic E-state index is 0.212. The third kappa shape index (κ3) is 8.21. The highest BCUT2D eigenvalue weighted by Crippen LogP contribution is 2.20. The van der Waals surface area contributed by atoms with Gasteiger partial charge in [-0.25, -0.2) is 8.42 Å². The fourth-order valence-corrected chi connectivity index (χ4v) is 4.82. The van der Waals surface area contributed by atoms with Crippen molar-refractivity contribution in [1.82, 2.24) is 9.45 Å². The summed E-state index contributed by atoms with van der Waals surface area (Å²) in [5.74, 6) is 0. The Labute approximate surface area is 218 Å². The summed E-state index contributed by atoms with van der Waals surface area (Å²) in [5, 5.41) is 5.51. The molecule has 9 nitrogen and oxygen atoms in total. The maximum atomic E-state index is 12.7. The number of hydrogen-bond donors (Lipinski definition) is 2. The standard InChI is InChI=1S/C27H36N4O5S/c1-21(2)37(34,35)31(36-20-22-12-8-7-9-13-22)19-11-6-4-3-5-10-16-29-24-25(27(33)26(24)32)30-23-14-17-28-18-15-23/h7-9,12-15,17-18,21,29H,3-6,10-11,16,19-20H2,1-2H3,(H,28,30). The van der Waals surface area contributed by atoms with Gasteiger partial charge in [0.25, 0.3) is 10.9 Å². The van der Waals surface area contributed by atoms with Crippen molar-refractivity contribution in [3.8, 4) is 0 Å². The van der Waals surface area contributed by atoms with Gasteiger partial charge in [-0.1, -0.05) is 60.5 Å². The Morgan fingerprint density at radius 1 is 0.865 bits per heavy atom. The van der Waals surface area contributed by atoms with E-state index in [2.05, 4.69) is 15.6 Å². The van der Waals surface area contributed by atoms with Crippen molar-refractivity contribution in [2.24, 2.45) is 0 Å². The van der Waals surface area contributed by atoms with Gasteiger partial charge in [0.05, 0.1) is 11.9 Å². The molecule has 0 fully saturated rings. The molecule has 10 heteroatoms. The number of rotatable bonds is 17. The summed E-state index contributed by atoms with van der Waals surface area (Å²) in [4.78, 5) is 33.4. The van der Waals surface area contributed by atoms with Crippen LogP contribution in [0.15, 0.2) is 64.4 Å². The summed E-state index contributed by atoms with van der Waals surface area (Å²) in [6.07, 6.45) is 8.63. The Morgan fingerprint density at radius 3 is 2.16 bits per heavy atom. The van der Waals surface area contributed by atoms with Gasteiger partial charge in [0.1, 0.15) is 11.4 Å². The second-order valence-electron chi connectivity index (χ2n) is 9.20. The van der Waals surface area contributed by atoms with E-state index in [1.807, 2.05) is 30.3 Å². The molecular weight excluding hydrogens is 492 g/mol. The third-order valence-electron chi connectivity index (χ3n) is 6.03. The van der Waals surface area contributed by atoms with Crippen LogP contribution in [-0.2, 0) is 21.5 Å². The van der Waals surface area contributed by atoms with E-state index in [9.17, 15) is 18.0 Å². The highest BCUT2D eigenvalue weighted by Gasteiger charge is 2.26. The lowest BCUT2D eigenvalue weighted by atomic mass is 10.1. The van der Waals surface area contributed by atoms with Gasteiger partial charge in [0.2, 0.25) is 10.0 Å². The second-order valence-corrected chi connectivity index (χ2v) is 11.6. The maximum Gasteiger partial charge on any atom is 0.253 e. The van der Waals surface area contributed by atoms with Gasteiger partial charge in [0, 0.05) is 31.2 Å². The van der Waals surface area contributed by atoms with Crippen molar-refractivity contribution >= 4 is 27.1 Å². The van der Waals surface area contributed by atoms with Gasteiger partial charge in [-0.3, -0.25) is 19.4 Å². The van der Waals surface area contributed by atoms with Crippen LogP contribution in [0.5, 0.6) is 0 Å². The van der Waals surface area contributed by atoms with Crippen molar-refractivity contribution in [2.45, 2.75) is 64.2 Å². The molecule has 1 aromatic heterocycles. The Kier molecular flexibility index (Phi) is 10.8. The molecule has 0 radical (unpaired) electrons. The number of unbranched alkanes of at least 4 members (excludes halogenated alkanes) is 5. The van der Waals surface area contributed by atoms with Gasteiger partial charge in [-0.2, -0.15) is 0 Å². The zero-order chi connectivity index (χ0) is 26.7. The second kappa shape index (κ2) is 14.0. The number of nitrogens with zero attached hydrogens (tertiary/aromatic N) is 2. The molecule has 0 amide bonds. The Balaban J connectivity index is 1.33. The van der Waals surface area contributed by atoms with Crippen LogP contribution in [-0.4, -0.2) is 36.2 Å². The molecular formula is C27H36N4O5S. The van der Waals surface area contributed by atoms with Crippen molar-refractivity contribution in [3.05, 3.63) is 80.9 Å². The zero-order valence-electron chi connectivity index (χ0n) is 21.5. The van der Waals surface area contributed by atoms with E-state index >= 15 is 0 Å². The minimum Gasteiger partial charge on any atom is -0.380 e. The van der Waals surface area contributed by atoms with E-state index in [1.54, 1.807) is 38.4 Å². The van der Waals surface area contributed by atoms with E-state index in [1.165, 1.54) is 0 Å². The quantitative estimate of drug-likeness (QED) is 0.151. The number of hydroxylamine groups is 1. The lowest BCUT2D eigenvalue weighted by Crippen LogP contribution is -2.37. The van der Waals surface area contributed by atoms with Crippen molar-refractivity contribution in [2.75, 3.05) is 23.7 Å². The average Bonchev–Trinajstić information content (AvgIpc) is 2.91. The summed E-state index contributed by atoms with van der Waals surface area (Å²) in [6.45, 7) is 4.45. The smallest absolute Gasteiger partial charge is 0.253 e. The normalized spacial score (nSPS) is 11.9. The van der Waals surface area contributed by atoms with Crippen molar-refractivity contribution < 1.29 is 13.3 Å². The van der Waals surface area contributed by atoms with Gasteiger partial charge < -0.3 is 10.6 Å². The molecule has 2 N–H and O–H groups in total. The van der Waals surface area contributed by atoms with Crippen LogP contribution in [0, 0.1) is 0 Å². The van der Waals surface area contributed by atoms with Crippen LogP contribution >= 0.6 is 0 Å². The number of pyridine rings is 1. The molecule has 0 bridgehead atoms. The summed E-state index contributed by atoms with van der Waals surface area (Å²) >= 11 is 0. The van der Waals surface area contributed by atoms with E-state index < -0.39 is 26.1 Å². The molecule has 0 unspecified atom stereocenters. The van der Waals surface area contributed by atoms with E-state index in [4.69, 9.17) is 4.84 Å². The Morgan fingerprint density at radius 2 is 1.49 bits per heavy atom. The predicted octanol–water partition coefficient (Wildman–Crippen LogP) is 4.35. The topological polar surface area (TPSA) is 118 Å². The SMILES string of the molecule is CC(C)S(=O)(=O)N(CCCCCCCCNc1c(Nc2ccncc2)c(=O)c1=O)OCc1ccccc1. The third-order valence-corrected chi connectivity index (χ3v) is 8.07. The number of anilines is 3. The van der Waals surface area contributed by atoms with Crippen LogP contribution in [0.4, 0.5) is 17.1 Å². The molecule has 3 aromatic rings. The van der Waals surface area contributed by atoms with Crippen LogP contribution in [0.3, 0.4) is 0 Å². The zero-order valence-corrected chi connectivity index (χ0v) is 22.3. The first kappa shape index (κ1) is 28.5. The average molecular weight is 529 g/mol. The number of hydrogen-bond acceptors (Lipinski definition) is 8. The maximum absolute atomic E-state index is 12.7. The largest absolute Gasteiger partial charge is 0.380 e. The lowest BCUT2D eigenvalue weighted by molar-refractivity contribution is -0.0973. The molecule has 0 spiro atoms. The fourth-order valence-electron chi connectivity index (χ4n) is 3.77. The van der Waals surface area contributed by atoms with Gasteiger partial charge in [0.15, 0.2) is 0 Å². The van der Waals surface area contributed by atoms with Crippen LogP contribution in [0.1, 0.15) is 57.9 Å². The monoisotopic (exact) mass is 528 g/mol. The van der Waals surface area contributed by atoms with Gasteiger partial charge in [-0.15, -0.1) is 0 Å². The molecule has 1 heterocycles. The lowest BCUT2D eigenvalue weighted by Gasteiger charge is -2.23. The predicted molar refractivity (Wildman–Crippen MR) is 147 cm³/mol. The number of benzene rings is 1. The molecule has 200 valence electrons. The van der Waals surface area contributed by atoms with E-state index in [0.29, 0.717) is 36.6 Å². The molecule has 0 saturated heterocycles. The number of aromatic nitrogens is 1. The first-order valence-electron chi connectivity index (χ1n) is 12.7. The Bertz CT molecular complexity index is 1270. The van der Waals surface area contributed by atoms with Crippen LogP contribution in [0.2, 0.25) is 0 Å². The van der Waals surface area contributed by atoms with Crippen molar-refractivity contribution in [1.29, 1.82) is 0 Å². The molecule has 0 aliphatic heterocycles.